The van der Waals surface area contributed by atoms with Crippen molar-refractivity contribution in [2.45, 2.75) is 44.1 Å². The number of carboxylic acids is 1. The number of nitrogens with zero attached hydrogens (tertiary/aromatic N) is 1. The van der Waals surface area contributed by atoms with Crippen molar-refractivity contribution in [3.8, 4) is 0 Å². The number of aryl methyl sites for hydroxylation is 1. The van der Waals surface area contributed by atoms with Gasteiger partial charge in [0.1, 0.15) is 0 Å². The minimum Gasteiger partial charge on any atom is -0.478 e. The summed E-state index contributed by atoms with van der Waals surface area (Å²) in [4.78, 5) is 25.4. The lowest BCUT2D eigenvalue weighted by Crippen LogP contribution is -2.65. The van der Waals surface area contributed by atoms with Crippen LogP contribution in [0, 0.1) is 0 Å². The van der Waals surface area contributed by atoms with Crippen LogP contribution < -0.4 is 0 Å². The summed E-state index contributed by atoms with van der Waals surface area (Å²) in [5, 5.41) is 9.13. The fourth-order valence-corrected chi connectivity index (χ4v) is 3.36. The van der Waals surface area contributed by atoms with Gasteiger partial charge in [-0.15, -0.1) is 0 Å². The zero-order chi connectivity index (χ0) is 14.2. The van der Waals surface area contributed by atoms with Gasteiger partial charge in [0, 0.05) is 18.5 Å². The van der Waals surface area contributed by atoms with E-state index in [4.69, 9.17) is 5.11 Å². The molecule has 1 saturated carbocycles. The number of rotatable bonds is 4. The van der Waals surface area contributed by atoms with E-state index in [0.29, 0.717) is 18.4 Å². The molecular weight excluding hydrogens is 254 g/mol. The fourth-order valence-electron chi connectivity index (χ4n) is 3.36. The van der Waals surface area contributed by atoms with Crippen molar-refractivity contribution in [1.82, 2.24) is 4.90 Å². The average Bonchev–Trinajstić information content (AvgIpc) is 2.33. The summed E-state index contributed by atoms with van der Waals surface area (Å²) >= 11 is 0. The van der Waals surface area contributed by atoms with Crippen LogP contribution in [0.25, 0.3) is 0 Å². The summed E-state index contributed by atoms with van der Waals surface area (Å²) in [5.74, 6) is -0.747. The highest BCUT2D eigenvalue weighted by atomic mass is 16.4. The Hall–Kier alpha value is -1.84. The Morgan fingerprint density at radius 1 is 1.20 bits per heavy atom. The number of amides is 1. The molecule has 0 radical (unpaired) electrons. The lowest BCUT2D eigenvalue weighted by Gasteiger charge is -2.58. The lowest BCUT2D eigenvalue weighted by molar-refractivity contribution is -0.155. The van der Waals surface area contributed by atoms with E-state index in [-0.39, 0.29) is 11.4 Å². The van der Waals surface area contributed by atoms with Gasteiger partial charge < -0.3 is 10.0 Å². The van der Waals surface area contributed by atoms with Crippen molar-refractivity contribution in [1.29, 1.82) is 0 Å². The molecule has 106 valence electrons. The molecule has 4 nitrogen and oxygen atoms in total. The van der Waals surface area contributed by atoms with E-state index in [1.54, 1.807) is 18.2 Å². The summed E-state index contributed by atoms with van der Waals surface area (Å²) in [6.07, 6.45) is 5.57. The van der Waals surface area contributed by atoms with Crippen molar-refractivity contribution in [2.24, 2.45) is 0 Å². The van der Waals surface area contributed by atoms with Gasteiger partial charge in [-0.25, -0.2) is 4.79 Å². The molecule has 4 heteroatoms. The molecule has 0 atom stereocenters. The maximum absolute atomic E-state index is 12.3. The summed E-state index contributed by atoms with van der Waals surface area (Å²) in [5.41, 5.74) is 1.24. The van der Waals surface area contributed by atoms with Crippen LogP contribution in [0.4, 0.5) is 0 Å². The average molecular weight is 273 g/mol. The van der Waals surface area contributed by atoms with Gasteiger partial charge >= 0.3 is 5.97 Å². The maximum atomic E-state index is 12.3. The number of aromatic carboxylic acids is 1. The van der Waals surface area contributed by atoms with Crippen LogP contribution in [0.3, 0.4) is 0 Å². The van der Waals surface area contributed by atoms with Gasteiger partial charge in [0.05, 0.1) is 5.56 Å². The number of carbonyl (C=O) groups is 2. The highest BCUT2D eigenvalue weighted by Gasteiger charge is 2.50. The van der Waals surface area contributed by atoms with E-state index in [0.717, 1.165) is 31.4 Å². The van der Waals surface area contributed by atoms with Gasteiger partial charge in [0.25, 0.3) is 0 Å². The third kappa shape index (κ3) is 2.09. The summed E-state index contributed by atoms with van der Waals surface area (Å²) in [6.45, 7) is 0.874. The quantitative estimate of drug-likeness (QED) is 0.916. The van der Waals surface area contributed by atoms with E-state index >= 15 is 0 Å². The first kappa shape index (κ1) is 13.2. The molecule has 2 fully saturated rings. The predicted octanol–water partition coefficient (Wildman–Crippen LogP) is 2.47. The third-order valence-corrected chi connectivity index (χ3v) is 4.81. The number of likely N-dealkylation sites (tertiary alicyclic amines) is 1. The topological polar surface area (TPSA) is 57.6 Å². The molecule has 1 aliphatic carbocycles. The van der Waals surface area contributed by atoms with Gasteiger partial charge in [-0.05, 0) is 43.7 Å². The second kappa shape index (κ2) is 4.93. The zero-order valence-electron chi connectivity index (χ0n) is 11.5. The van der Waals surface area contributed by atoms with Crippen LogP contribution in [0.2, 0.25) is 0 Å². The minimum atomic E-state index is -0.924. The van der Waals surface area contributed by atoms with Crippen LogP contribution in [0.5, 0.6) is 0 Å². The Bertz CT molecular complexity index is 543. The molecule has 20 heavy (non-hydrogen) atoms. The molecule has 0 bridgehead atoms. The monoisotopic (exact) mass is 273 g/mol. The van der Waals surface area contributed by atoms with Crippen molar-refractivity contribution < 1.29 is 14.7 Å². The smallest absolute Gasteiger partial charge is 0.335 e. The molecule has 1 aromatic rings. The van der Waals surface area contributed by atoms with Gasteiger partial charge in [-0.2, -0.15) is 0 Å². The fraction of sp³-hybridized carbons (Fsp3) is 0.500. The summed E-state index contributed by atoms with van der Waals surface area (Å²) < 4.78 is 0. The normalized spacial score (nSPS) is 19.3. The van der Waals surface area contributed by atoms with Crippen LogP contribution >= 0.6 is 0 Å². The Kier molecular flexibility index (Phi) is 3.24. The first-order valence-corrected chi connectivity index (χ1v) is 7.24. The van der Waals surface area contributed by atoms with E-state index in [1.165, 1.54) is 6.42 Å². The molecule has 1 heterocycles. The third-order valence-electron chi connectivity index (χ3n) is 4.81. The lowest BCUT2D eigenvalue weighted by atomic mass is 9.67. The molecule has 0 unspecified atom stereocenters. The first-order chi connectivity index (χ1) is 9.62. The SMILES string of the molecule is O=C(O)c1ccccc1CCC(=O)N1CCC12CCC2. The van der Waals surface area contributed by atoms with Crippen molar-refractivity contribution in [2.75, 3.05) is 6.54 Å². The minimum absolute atomic E-state index is 0.177. The molecule has 3 rings (SSSR count). The summed E-state index contributed by atoms with van der Waals surface area (Å²) in [6, 6.07) is 6.93. The Morgan fingerprint density at radius 2 is 1.95 bits per heavy atom. The second-order valence-electron chi connectivity index (χ2n) is 5.84. The second-order valence-corrected chi connectivity index (χ2v) is 5.84. The highest BCUT2D eigenvalue weighted by molar-refractivity contribution is 5.89. The van der Waals surface area contributed by atoms with Crippen molar-refractivity contribution in [3.05, 3.63) is 35.4 Å². The van der Waals surface area contributed by atoms with Crippen LogP contribution in [0.15, 0.2) is 24.3 Å². The zero-order valence-corrected chi connectivity index (χ0v) is 11.5. The molecule has 0 aromatic heterocycles. The van der Waals surface area contributed by atoms with Gasteiger partial charge in [-0.1, -0.05) is 18.2 Å². The van der Waals surface area contributed by atoms with Gasteiger partial charge in [-0.3, -0.25) is 4.79 Å². The van der Waals surface area contributed by atoms with Crippen molar-refractivity contribution in [3.63, 3.8) is 0 Å². The Balaban J connectivity index is 1.62. The van der Waals surface area contributed by atoms with Gasteiger partial charge in [0.15, 0.2) is 0 Å². The molecule has 1 spiro atoms. The number of benzene rings is 1. The molecule has 1 aliphatic heterocycles. The number of hydrogen-bond acceptors (Lipinski definition) is 2. The molecule has 1 N–H and O–H groups in total. The molecular formula is C16H19NO3. The van der Waals surface area contributed by atoms with E-state index in [9.17, 15) is 9.59 Å². The molecule has 1 amide bonds. The maximum Gasteiger partial charge on any atom is 0.335 e. The van der Waals surface area contributed by atoms with E-state index < -0.39 is 5.97 Å². The molecule has 1 aromatic carbocycles. The largest absolute Gasteiger partial charge is 0.478 e. The standard InChI is InChI=1S/C16H19NO3/c18-14(17-11-10-16(17)8-3-9-16)7-6-12-4-1-2-5-13(12)15(19)20/h1-2,4-5H,3,6-11H2,(H,19,20). The number of hydrogen-bond donors (Lipinski definition) is 1. The van der Waals surface area contributed by atoms with Crippen LogP contribution in [-0.4, -0.2) is 34.0 Å². The van der Waals surface area contributed by atoms with Crippen LogP contribution in [0.1, 0.15) is 48.0 Å². The molecule has 1 saturated heterocycles. The van der Waals surface area contributed by atoms with Crippen LogP contribution in [-0.2, 0) is 11.2 Å². The van der Waals surface area contributed by atoms with E-state index in [1.807, 2.05) is 11.0 Å². The number of carboxylic acid groups (broad SMARTS) is 1. The Labute approximate surface area is 118 Å². The van der Waals surface area contributed by atoms with Gasteiger partial charge in [0.2, 0.25) is 5.91 Å². The Morgan fingerprint density at radius 3 is 2.50 bits per heavy atom. The predicted molar refractivity (Wildman–Crippen MR) is 74.6 cm³/mol. The first-order valence-electron chi connectivity index (χ1n) is 7.24. The number of carbonyl (C=O) groups excluding carboxylic acids is 1. The summed E-state index contributed by atoms with van der Waals surface area (Å²) in [7, 11) is 0. The van der Waals surface area contributed by atoms with E-state index in [2.05, 4.69) is 0 Å². The van der Waals surface area contributed by atoms with Crippen molar-refractivity contribution >= 4 is 11.9 Å². The highest BCUT2D eigenvalue weighted by Crippen LogP contribution is 2.47. The molecule has 2 aliphatic rings.